The molecule has 0 aliphatic rings. The minimum absolute atomic E-state index is 0.334. The van der Waals surface area contributed by atoms with E-state index in [1.54, 1.807) is 6.92 Å². The van der Waals surface area contributed by atoms with Crippen LogP contribution in [0, 0.1) is 13.8 Å². The summed E-state index contributed by atoms with van der Waals surface area (Å²) in [6, 6.07) is 6.54. The van der Waals surface area contributed by atoms with Gasteiger partial charge in [-0.2, -0.15) is 0 Å². The molecule has 1 unspecified atom stereocenters. The van der Waals surface area contributed by atoms with E-state index in [0.717, 1.165) is 18.6 Å². The van der Waals surface area contributed by atoms with Crippen LogP contribution in [0.25, 0.3) is 0 Å². The standard InChI is InChI=1S/C16H25NO2S/c1-12-7-8-14(11-13(12)2)20-10-6-5-9-16(3,17)15(18)19-4/h7-8,11H,5-6,9-10,17H2,1-4H3. The highest BCUT2D eigenvalue weighted by Crippen LogP contribution is 2.23. The molecule has 0 saturated carbocycles. The first-order chi connectivity index (χ1) is 9.36. The van der Waals surface area contributed by atoms with Gasteiger partial charge in [0, 0.05) is 4.90 Å². The van der Waals surface area contributed by atoms with Crippen LogP contribution in [0.15, 0.2) is 23.1 Å². The largest absolute Gasteiger partial charge is 0.468 e. The Hall–Kier alpha value is -1.00. The van der Waals surface area contributed by atoms with Gasteiger partial charge >= 0.3 is 5.97 Å². The molecule has 3 nitrogen and oxygen atoms in total. The highest BCUT2D eigenvalue weighted by Gasteiger charge is 2.28. The first-order valence-electron chi connectivity index (χ1n) is 6.94. The molecule has 112 valence electrons. The summed E-state index contributed by atoms with van der Waals surface area (Å²) in [5, 5.41) is 0. The minimum Gasteiger partial charge on any atom is -0.468 e. The number of hydrogen-bond acceptors (Lipinski definition) is 4. The van der Waals surface area contributed by atoms with Gasteiger partial charge in [0.1, 0.15) is 5.54 Å². The van der Waals surface area contributed by atoms with Crippen LogP contribution in [0.4, 0.5) is 0 Å². The maximum Gasteiger partial charge on any atom is 0.325 e. The van der Waals surface area contributed by atoms with Crippen LogP contribution in [-0.2, 0) is 9.53 Å². The second kappa shape index (κ2) is 7.70. The zero-order chi connectivity index (χ0) is 15.2. The Bertz CT molecular complexity index is 458. The monoisotopic (exact) mass is 295 g/mol. The maximum absolute atomic E-state index is 11.4. The number of hydrogen-bond donors (Lipinski definition) is 1. The lowest BCUT2D eigenvalue weighted by molar-refractivity contribution is -0.146. The predicted octanol–water partition coefficient (Wildman–Crippen LogP) is 3.46. The molecule has 0 heterocycles. The van der Waals surface area contributed by atoms with Crippen molar-refractivity contribution in [3.8, 4) is 0 Å². The van der Waals surface area contributed by atoms with Crippen molar-refractivity contribution in [2.24, 2.45) is 5.73 Å². The van der Waals surface area contributed by atoms with Gasteiger partial charge in [-0.3, -0.25) is 4.79 Å². The number of unbranched alkanes of at least 4 members (excludes halogenated alkanes) is 1. The van der Waals surface area contributed by atoms with Crippen molar-refractivity contribution in [3.63, 3.8) is 0 Å². The number of rotatable bonds is 7. The van der Waals surface area contributed by atoms with E-state index in [9.17, 15) is 4.79 Å². The van der Waals surface area contributed by atoms with Crippen LogP contribution >= 0.6 is 11.8 Å². The van der Waals surface area contributed by atoms with Crippen LogP contribution in [0.2, 0.25) is 0 Å². The number of carbonyl (C=O) groups is 1. The van der Waals surface area contributed by atoms with Crippen molar-refractivity contribution in [2.45, 2.75) is 50.5 Å². The Balaban J connectivity index is 2.28. The fourth-order valence-electron chi connectivity index (χ4n) is 1.92. The molecule has 0 aromatic heterocycles. The number of ether oxygens (including phenoxy) is 1. The quantitative estimate of drug-likeness (QED) is 0.475. The Morgan fingerprint density at radius 3 is 2.60 bits per heavy atom. The molecule has 0 bridgehead atoms. The molecule has 0 fully saturated rings. The smallest absolute Gasteiger partial charge is 0.325 e. The van der Waals surface area contributed by atoms with Crippen LogP contribution in [-0.4, -0.2) is 24.4 Å². The first kappa shape index (κ1) is 17.1. The van der Waals surface area contributed by atoms with E-state index in [-0.39, 0.29) is 5.97 Å². The number of aryl methyl sites for hydroxylation is 2. The van der Waals surface area contributed by atoms with E-state index in [0.29, 0.717) is 6.42 Å². The second-order valence-corrected chi connectivity index (χ2v) is 6.63. The zero-order valence-corrected chi connectivity index (χ0v) is 13.7. The molecule has 2 N–H and O–H groups in total. The summed E-state index contributed by atoms with van der Waals surface area (Å²) in [6.07, 6.45) is 2.63. The number of thioether (sulfide) groups is 1. The van der Waals surface area contributed by atoms with Crippen LogP contribution in [0.1, 0.15) is 37.3 Å². The molecular weight excluding hydrogens is 270 g/mol. The van der Waals surface area contributed by atoms with Gasteiger partial charge in [0.25, 0.3) is 0 Å². The molecule has 20 heavy (non-hydrogen) atoms. The number of esters is 1. The van der Waals surface area contributed by atoms with Gasteiger partial charge in [0.15, 0.2) is 0 Å². The fraction of sp³-hybridized carbons (Fsp3) is 0.562. The van der Waals surface area contributed by atoms with E-state index < -0.39 is 5.54 Å². The second-order valence-electron chi connectivity index (χ2n) is 5.46. The van der Waals surface area contributed by atoms with Gasteiger partial charge in [-0.1, -0.05) is 12.5 Å². The summed E-state index contributed by atoms with van der Waals surface area (Å²) in [6.45, 7) is 5.99. The van der Waals surface area contributed by atoms with Gasteiger partial charge in [-0.05, 0) is 62.6 Å². The van der Waals surface area contributed by atoms with E-state index in [4.69, 9.17) is 10.5 Å². The maximum atomic E-state index is 11.4. The van der Waals surface area contributed by atoms with Gasteiger partial charge < -0.3 is 10.5 Å². The molecule has 1 aromatic rings. The third kappa shape index (κ3) is 5.17. The van der Waals surface area contributed by atoms with Crippen molar-refractivity contribution in [3.05, 3.63) is 29.3 Å². The average molecular weight is 295 g/mol. The molecule has 0 amide bonds. The van der Waals surface area contributed by atoms with Gasteiger partial charge in [0.05, 0.1) is 7.11 Å². The lowest BCUT2D eigenvalue weighted by Gasteiger charge is -2.20. The molecule has 0 saturated heterocycles. The SMILES string of the molecule is COC(=O)C(C)(N)CCCCSc1ccc(C)c(C)c1. The summed E-state index contributed by atoms with van der Waals surface area (Å²) >= 11 is 1.85. The Morgan fingerprint density at radius 2 is 2.00 bits per heavy atom. The van der Waals surface area contributed by atoms with Crippen molar-refractivity contribution in [1.29, 1.82) is 0 Å². The Morgan fingerprint density at radius 1 is 1.30 bits per heavy atom. The molecule has 0 aliphatic heterocycles. The molecule has 1 rings (SSSR count). The number of methoxy groups -OCH3 is 1. The minimum atomic E-state index is -0.861. The third-order valence-corrected chi connectivity index (χ3v) is 4.57. The third-order valence-electron chi connectivity index (χ3n) is 3.49. The zero-order valence-electron chi connectivity index (χ0n) is 12.9. The summed E-state index contributed by atoms with van der Waals surface area (Å²) in [7, 11) is 1.38. The van der Waals surface area contributed by atoms with E-state index in [1.165, 1.54) is 23.1 Å². The van der Waals surface area contributed by atoms with Gasteiger partial charge in [-0.25, -0.2) is 0 Å². The molecular formula is C16H25NO2S. The molecule has 0 spiro atoms. The number of nitrogens with two attached hydrogens (primary N) is 1. The van der Waals surface area contributed by atoms with Gasteiger partial charge in [0.2, 0.25) is 0 Å². The Labute approximate surface area is 126 Å². The highest BCUT2D eigenvalue weighted by molar-refractivity contribution is 7.99. The molecule has 0 aliphatic carbocycles. The lowest BCUT2D eigenvalue weighted by atomic mass is 9.97. The van der Waals surface area contributed by atoms with Gasteiger partial charge in [-0.15, -0.1) is 11.8 Å². The Kier molecular flexibility index (Phi) is 6.56. The summed E-state index contributed by atoms with van der Waals surface area (Å²) in [4.78, 5) is 12.7. The molecule has 0 radical (unpaired) electrons. The predicted molar refractivity (Wildman–Crippen MR) is 85.1 cm³/mol. The van der Waals surface area contributed by atoms with E-state index in [2.05, 4.69) is 32.0 Å². The van der Waals surface area contributed by atoms with Crippen molar-refractivity contribution in [2.75, 3.05) is 12.9 Å². The van der Waals surface area contributed by atoms with Crippen molar-refractivity contribution >= 4 is 17.7 Å². The molecule has 1 aromatic carbocycles. The van der Waals surface area contributed by atoms with Crippen LogP contribution in [0.5, 0.6) is 0 Å². The first-order valence-corrected chi connectivity index (χ1v) is 7.93. The highest BCUT2D eigenvalue weighted by atomic mass is 32.2. The summed E-state index contributed by atoms with van der Waals surface area (Å²) in [5.41, 5.74) is 7.71. The summed E-state index contributed by atoms with van der Waals surface area (Å²) in [5.74, 6) is 0.707. The van der Waals surface area contributed by atoms with Crippen molar-refractivity contribution < 1.29 is 9.53 Å². The molecule has 4 heteroatoms. The summed E-state index contributed by atoms with van der Waals surface area (Å²) < 4.78 is 4.70. The lowest BCUT2D eigenvalue weighted by Crippen LogP contribution is -2.45. The van der Waals surface area contributed by atoms with Crippen molar-refractivity contribution in [1.82, 2.24) is 0 Å². The average Bonchev–Trinajstić information content (AvgIpc) is 2.41. The topological polar surface area (TPSA) is 52.3 Å². The van der Waals surface area contributed by atoms with Crippen LogP contribution < -0.4 is 5.73 Å². The molecule has 1 atom stereocenters. The fourth-order valence-corrected chi connectivity index (χ4v) is 2.93. The van der Waals surface area contributed by atoms with Crippen LogP contribution in [0.3, 0.4) is 0 Å². The number of carbonyl (C=O) groups excluding carboxylic acids is 1. The number of benzene rings is 1. The normalized spacial score (nSPS) is 13.8. The van der Waals surface area contributed by atoms with E-state index in [1.807, 2.05) is 11.8 Å². The van der Waals surface area contributed by atoms with E-state index >= 15 is 0 Å².